The summed E-state index contributed by atoms with van der Waals surface area (Å²) in [6, 6.07) is 8.69. The molecule has 0 atom stereocenters. The van der Waals surface area contributed by atoms with Gasteiger partial charge < -0.3 is 29.7 Å². The molecule has 0 saturated heterocycles. The van der Waals surface area contributed by atoms with E-state index in [1.54, 1.807) is 11.3 Å². The van der Waals surface area contributed by atoms with Crippen LogP contribution in [-0.4, -0.2) is 6.54 Å². The van der Waals surface area contributed by atoms with Crippen molar-refractivity contribution in [3.63, 3.8) is 0 Å². The van der Waals surface area contributed by atoms with Crippen LogP contribution in [0.25, 0.3) is 9.75 Å². The van der Waals surface area contributed by atoms with Gasteiger partial charge in [0.15, 0.2) is 0 Å². The molecule has 2 aromatic rings. The van der Waals surface area contributed by atoms with Crippen LogP contribution in [-0.2, 0) is 6.42 Å². The second-order valence-corrected chi connectivity index (χ2v) is 4.96. The fourth-order valence-corrected chi connectivity index (χ4v) is 3.12. The minimum absolute atomic E-state index is 0. The van der Waals surface area contributed by atoms with Gasteiger partial charge in [-0.15, -0.1) is 22.7 Å². The highest BCUT2D eigenvalue weighted by molar-refractivity contribution is 7.21. The van der Waals surface area contributed by atoms with E-state index in [1.165, 1.54) is 14.6 Å². The van der Waals surface area contributed by atoms with E-state index < -0.39 is 0 Å². The Bertz CT molecular complexity index is 367. The van der Waals surface area contributed by atoms with E-state index in [2.05, 4.69) is 35.4 Å². The number of thiophene rings is 2. The molecule has 0 aliphatic heterocycles. The minimum atomic E-state index is 0. The Labute approximate surface area is 109 Å². The molecular weight excluding hydrogens is 325 g/mol. The molecular formula is C10H12INS2. The first-order valence-electron chi connectivity index (χ1n) is 4.32. The Morgan fingerprint density at radius 3 is 2.64 bits per heavy atom. The lowest BCUT2D eigenvalue weighted by atomic mass is 10.3. The van der Waals surface area contributed by atoms with Gasteiger partial charge >= 0.3 is 0 Å². The molecule has 2 rings (SSSR count). The third-order valence-corrected chi connectivity index (χ3v) is 4.06. The fraction of sp³-hybridized carbons (Fsp3) is 0.200. The molecule has 76 valence electrons. The molecule has 0 saturated carbocycles. The van der Waals surface area contributed by atoms with E-state index in [1.807, 2.05) is 11.3 Å². The van der Waals surface area contributed by atoms with Crippen molar-refractivity contribution in [2.45, 2.75) is 6.42 Å². The molecule has 0 amide bonds. The number of halogens is 1. The predicted molar refractivity (Wildman–Crippen MR) is 59.1 cm³/mol. The van der Waals surface area contributed by atoms with Crippen LogP contribution in [0, 0.1) is 0 Å². The first-order chi connectivity index (χ1) is 6.40. The highest BCUT2D eigenvalue weighted by Gasteiger charge is 2.02. The smallest absolute Gasteiger partial charge is 0.0788 e. The molecule has 3 N–H and O–H groups in total. The predicted octanol–water partition coefficient (Wildman–Crippen LogP) is -0.735. The summed E-state index contributed by atoms with van der Waals surface area (Å²) in [4.78, 5) is 4.21. The van der Waals surface area contributed by atoms with Gasteiger partial charge in [0, 0.05) is 21.1 Å². The number of hydrogen-bond acceptors (Lipinski definition) is 2. The summed E-state index contributed by atoms with van der Waals surface area (Å²) in [5.41, 5.74) is 3.86. The summed E-state index contributed by atoms with van der Waals surface area (Å²) in [7, 11) is 0. The Balaban J connectivity index is 0.000000980. The summed E-state index contributed by atoms with van der Waals surface area (Å²) in [5.74, 6) is 0. The van der Waals surface area contributed by atoms with E-state index in [9.17, 15) is 0 Å². The van der Waals surface area contributed by atoms with E-state index in [-0.39, 0.29) is 24.0 Å². The molecule has 0 aromatic carbocycles. The zero-order valence-corrected chi connectivity index (χ0v) is 11.5. The second kappa shape index (κ2) is 5.85. The van der Waals surface area contributed by atoms with E-state index in [0.29, 0.717) is 0 Å². The maximum absolute atomic E-state index is 3.86. The molecule has 14 heavy (non-hydrogen) atoms. The quantitative estimate of drug-likeness (QED) is 0.715. The first kappa shape index (κ1) is 12.2. The van der Waals surface area contributed by atoms with Gasteiger partial charge in [-0.1, -0.05) is 6.07 Å². The fourth-order valence-electron chi connectivity index (χ4n) is 1.24. The van der Waals surface area contributed by atoms with Crippen molar-refractivity contribution in [3.8, 4) is 9.75 Å². The van der Waals surface area contributed by atoms with Crippen LogP contribution >= 0.6 is 22.7 Å². The molecule has 0 fully saturated rings. The molecule has 2 heterocycles. The molecule has 0 unspecified atom stereocenters. The molecule has 0 bridgehead atoms. The molecule has 1 nitrogen and oxygen atoms in total. The van der Waals surface area contributed by atoms with Gasteiger partial charge in [-0.3, -0.25) is 0 Å². The second-order valence-electron chi connectivity index (χ2n) is 2.85. The number of quaternary nitrogens is 1. The summed E-state index contributed by atoms with van der Waals surface area (Å²) < 4.78 is 0. The van der Waals surface area contributed by atoms with Gasteiger partial charge in [-0.05, 0) is 23.6 Å². The van der Waals surface area contributed by atoms with E-state index in [0.717, 1.165) is 13.0 Å². The number of hydrogen-bond donors (Lipinski definition) is 1. The van der Waals surface area contributed by atoms with E-state index in [4.69, 9.17) is 0 Å². The van der Waals surface area contributed by atoms with Gasteiger partial charge in [0.1, 0.15) is 0 Å². The summed E-state index contributed by atoms with van der Waals surface area (Å²) >= 11 is 3.69. The first-order valence-corrected chi connectivity index (χ1v) is 6.01. The molecule has 0 aliphatic carbocycles. The molecule has 0 spiro atoms. The van der Waals surface area contributed by atoms with Crippen molar-refractivity contribution >= 4 is 22.7 Å². The topological polar surface area (TPSA) is 27.6 Å². The average molecular weight is 337 g/mol. The maximum Gasteiger partial charge on any atom is 0.0788 e. The highest BCUT2D eigenvalue weighted by Crippen LogP contribution is 2.31. The molecule has 4 heteroatoms. The normalized spacial score (nSPS) is 9.79. The lowest BCUT2D eigenvalue weighted by Gasteiger charge is -1.89. The summed E-state index contributed by atoms with van der Waals surface area (Å²) in [5, 5.41) is 2.12. The van der Waals surface area contributed by atoms with Gasteiger partial charge in [0.25, 0.3) is 0 Å². The van der Waals surface area contributed by atoms with Gasteiger partial charge in [-0.25, -0.2) is 0 Å². The molecule has 2 aromatic heterocycles. The Hall–Kier alpha value is 0.0900. The van der Waals surface area contributed by atoms with Crippen LogP contribution in [0.1, 0.15) is 4.88 Å². The Morgan fingerprint density at radius 1 is 1.14 bits per heavy atom. The Morgan fingerprint density at radius 2 is 2.00 bits per heavy atom. The highest BCUT2D eigenvalue weighted by atomic mass is 127. The van der Waals surface area contributed by atoms with Crippen LogP contribution in [0.2, 0.25) is 0 Å². The third kappa shape index (κ3) is 2.79. The lowest BCUT2D eigenvalue weighted by molar-refractivity contribution is -0.366. The van der Waals surface area contributed by atoms with Gasteiger partial charge in [0.2, 0.25) is 0 Å². The van der Waals surface area contributed by atoms with Crippen LogP contribution < -0.4 is 29.7 Å². The summed E-state index contributed by atoms with van der Waals surface area (Å²) in [6.45, 7) is 0.990. The van der Waals surface area contributed by atoms with Gasteiger partial charge in [0.05, 0.1) is 6.54 Å². The summed E-state index contributed by atoms with van der Waals surface area (Å²) in [6.07, 6.45) is 1.11. The maximum atomic E-state index is 3.86. The SMILES string of the molecule is [I-].[NH3+]CCc1ccc(-c2cccs2)s1. The van der Waals surface area contributed by atoms with E-state index >= 15 is 0 Å². The van der Waals surface area contributed by atoms with Crippen molar-refractivity contribution in [2.75, 3.05) is 6.54 Å². The van der Waals surface area contributed by atoms with Crippen molar-refractivity contribution < 1.29 is 29.7 Å². The zero-order chi connectivity index (χ0) is 9.10. The number of rotatable bonds is 3. The minimum Gasteiger partial charge on any atom is -1.00 e. The van der Waals surface area contributed by atoms with Crippen LogP contribution in [0.4, 0.5) is 0 Å². The average Bonchev–Trinajstić information content (AvgIpc) is 2.70. The molecule has 0 aliphatic rings. The van der Waals surface area contributed by atoms with Crippen LogP contribution in [0.3, 0.4) is 0 Å². The van der Waals surface area contributed by atoms with Gasteiger partial charge in [-0.2, -0.15) is 0 Å². The standard InChI is InChI=1S/C10H11NS2.HI/c11-6-5-8-3-4-10(13-8)9-2-1-7-12-9;/h1-4,7H,5-6,11H2;1H. The lowest BCUT2D eigenvalue weighted by Crippen LogP contribution is -3.00. The van der Waals surface area contributed by atoms with Crippen molar-refractivity contribution in [2.24, 2.45) is 0 Å². The van der Waals surface area contributed by atoms with Crippen molar-refractivity contribution in [3.05, 3.63) is 34.5 Å². The monoisotopic (exact) mass is 337 g/mol. The van der Waals surface area contributed by atoms with Crippen LogP contribution in [0.5, 0.6) is 0 Å². The molecule has 0 radical (unpaired) electrons. The van der Waals surface area contributed by atoms with Crippen LogP contribution in [0.15, 0.2) is 29.6 Å². The zero-order valence-electron chi connectivity index (χ0n) is 7.70. The third-order valence-electron chi connectivity index (χ3n) is 1.85. The Kier molecular flexibility index (Phi) is 5.08. The largest absolute Gasteiger partial charge is 1.00 e. The van der Waals surface area contributed by atoms with Crippen molar-refractivity contribution in [1.82, 2.24) is 0 Å². The van der Waals surface area contributed by atoms with Crippen molar-refractivity contribution in [1.29, 1.82) is 0 Å².